The van der Waals surface area contributed by atoms with Crippen LogP contribution in [0.5, 0.6) is 0 Å². The van der Waals surface area contributed by atoms with E-state index in [1.807, 2.05) is 37.3 Å². The first-order chi connectivity index (χ1) is 14.0. The second-order valence-corrected chi connectivity index (χ2v) is 7.16. The third kappa shape index (κ3) is 3.52. The van der Waals surface area contributed by atoms with Crippen molar-refractivity contribution >= 4 is 40.0 Å². The van der Waals surface area contributed by atoms with Crippen molar-refractivity contribution in [3.05, 3.63) is 87.6 Å². The summed E-state index contributed by atoms with van der Waals surface area (Å²) >= 11 is 5.25. The molecule has 1 unspecified atom stereocenters. The smallest absolute Gasteiger partial charge is 0.262 e. The van der Waals surface area contributed by atoms with Gasteiger partial charge in [-0.05, 0) is 49.5 Å². The number of fused-ring (bicyclic) bond motifs is 2. The summed E-state index contributed by atoms with van der Waals surface area (Å²) in [6.45, 7) is 5.82. The maximum absolute atomic E-state index is 12.7. The zero-order chi connectivity index (χ0) is 20.5. The third-order valence-corrected chi connectivity index (χ3v) is 5.10. The molecular formula is C22H19N3O3S. The number of aromatic nitrogens is 2. The Balaban J connectivity index is 1.62. The number of allylic oxidation sites excluding steroid dienone is 1. The number of nitrogens with zero attached hydrogens (tertiary/aromatic N) is 1. The van der Waals surface area contributed by atoms with Crippen molar-refractivity contribution < 1.29 is 9.21 Å². The van der Waals surface area contributed by atoms with Gasteiger partial charge >= 0.3 is 0 Å². The number of furan rings is 1. The van der Waals surface area contributed by atoms with Crippen LogP contribution in [0.25, 0.3) is 21.9 Å². The van der Waals surface area contributed by atoms with Gasteiger partial charge in [0.2, 0.25) is 0 Å². The molecule has 0 radical (unpaired) electrons. The Labute approximate surface area is 171 Å². The summed E-state index contributed by atoms with van der Waals surface area (Å²) in [5.41, 5.74) is 1.50. The molecule has 2 N–H and O–H groups in total. The van der Waals surface area contributed by atoms with E-state index in [1.54, 1.807) is 24.3 Å². The number of carbonyl (C=O) groups is 1. The summed E-state index contributed by atoms with van der Waals surface area (Å²) in [5.74, 6) is 0.404. The fourth-order valence-electron chi connectivity index (χ4n) is 3.26. The van der Waals surface area contributed by atoms with Crippen molar-refractivity contribution in [3.8, 4) is 0 Å². The van der Waals surface area contributed by atoms with Crippen LogP contribution in [0.4, 0.5) is 0 Å². The maximum Gasteiger partial charge on any atom is 0.262 e. The number of aromatic amines is 1. The Morgan fingerprint density at radius 1 is 1.31 bits per heavy atom. The van der Waals surface area contributed by atoms with Gasteiger partial charge in [0.25, 0.3) is 11.5 Å². The van der Waals surface area contributed by atoms with Gasteiger partial charge in [-0.25, -0.2) is 0 Å². The standard InChI is InChI=1S/C22H19N3O3S/c1-3-10-25-21(27)16-9-8-15(11-17(16)24-22(25)29)20(26)23-13(2)19-12-14-6-4-5-7-18(14)28-19/h3-9,11-13H,1,10H2,2H3,(H,23,26)(H,24,29). The quantitative estimate of drug-likeness (QED) is 0.379. The average Bonchev–Trinajstić information content (AvgIpc) is 3.15. The second kappa shape index (κ2) is 7.52. The van der Waals surface area contributed by atoms with Gasteiger partial charge in [0, 0.05) is 17.5 Å². The Morgan fingerprint density at radius 3 is 2.86 bits per heavy atom. The zero-order valence-electron chi connectivity index (χ0n) is 15.8. The van der Waals surface area contributed by atoms with Crippen molar-refractivity contribution in [2.24, 2.45) is 0 Å². The zero-order valence-corrected chi connectivity index (χ0v) is 16.6. The van der Waals surface area contributed by atoms with Crippen LogP contribution in [0.3, 0.4) is 0 Å². The van der Waals surface area contributed by atoms with Gasteiger partial charge in [0.15, 0.2) is 4.77 Å². The third-order valence-electron chi connectivity index (χ3n) is 4.77. The lowest BCUT2D eigenvalue weighted by molar-refractivity contribution is 0.0936. The number of rotatable bonds is 5. The minimum atomic E-state index is -0.315. The number of amides is 1. The summed E-state index contributed by atoms with van der Waals surface area (Å²) in [7, 11) is 0. The lowest BCUT2D eigenvalue weighted by Crippen LogP contribution is -2.27. The first-order valence-corrected chi connectivity index (χ1v) is 9.56. The monoisotopic (exact) mass is 405 g/mol. The average molecular weight is 405 g/mol. The highest BCUT2D eigenvalue weighted by Gasteiger charge is 2.16. The van der Waals surface area contributed by atoms with Crippen molar-refractivity contribution in [3.63, 3.8) is 0 Å². The van der Waals surface area contributed by atoms with Crippen LogP contribution in [0.1, 0.15) is 29.1 Å². The van der Waals surface area contributed by atoms with Gasteiger partial charge in [-0.3, -0.25) is 14.2 Å². The van der Waals surface area contributed by atoms with Gasteiger partial charge in [-0.1, -0.05) is 24.3 Å². The summed E-state index contributed by atoms with van der Waals surface area (Å²) in [6.07, 6.45) is 1.61. The van der Waals surface area contributed by atoms with Crippen molar-refractivity contribution in [1.82, 2.24) is 14.9 Å². The molecule has 7 heteroatoms. The van der Waals surface area contributed by atoms with E-state index in [0.717, 1.165) is 11.0 Å². The van der Waals surface area contributed by atoms with Gasteiger partial charge in [0.1, 0.15) is 11.3 Å². The number of nitrogens with one attached hydrogen (secondary N) is 2. The summed E-state index contributed by atoms with van der Waals surface area (Å²) in [5, 5.41) is 4.37. The molecule has 2 aromatic heterocycles. The Morgan fingerprint density at radius 2 is 2.10 bits per heavy atom. The van der Waals surface area contributed by atoms with Crippen molar-refractivity contribution in [2.75, 3.05) is 0 Å². The Hall–Kier alpha value is -3.45. The summed E-state index contributed by atoms with van der Waals surface area (Å²) in [4.78, 5) is 28.3. The van der Waals surface area contributed by atoms with E-state index >= 15 is 0 Å². The number of hydrogen-bond donors (Lipinski definition) is 2. The summed E-state index contributed by atoms with van der Waals surface area (Å²) < 4.78 is 7.53. The van der Waals surface area contributed by atoms with Crippen molar-refractivity contribution in [1.29, 1.82) is 0 Å². The highest BCUT2D eigenvalue weighted by Crippen LogP contribution is 2.24. The maximum atomic E-state index is 12.7. The van der Waals surface area contributed by atoms with E-state index < -0.39 is 0 Å². The van der Waals surface area contributed by atoms with Crippen LogP contribution < -0.4 is 10.9 Å². The SMILES string of the molecule is C=CCn1c(=S)[nH]c2cc(C(=O)NC(C)c3cc4ccccc4o3)ccc2c1=O. The van der Waals surface area contributed by atoms with E-state index in [-0.39, 0.29) is 22.3 Å². The van der Waals surface area contributed by atoms with Crippen LogP contribution in [0, 0.1) is 4.77 Å². The van der Waals surface area contributed by atoms with Crippen LogP contribution in [-0.4, -0.2) is 15.5 Å². The molecule has 0 saturated carbocycles. The molecule has 0 aliphatic rings. The fourth-order valence-corrected chi connectivity index (χ4v) is 3.52. The van der Waals surface area contributed by atoms with E-state index in [2.05, 4.69) is 16.9 Å². The molecule has 0 spiro atoms. The first kappa shape index (κ1) is 18.9. The Kier molecular flexibility index (Phi) is 4.90. The normalized spacial score (nSPS) is 12.2. The molecule has 0 aliphatic carbocycles. The number of hydrogen-bond acceptors (Lipinski definition) is 4. The van der Waals surface area contributed by atoms with E-state index in [9.17, 15) is 9.59 Å². The number of carbonyl (C=O) groups excluding carboxylic acids is 1. The second-order valence-electron chi connectivity index (χ2n) is 6.78. The molecule has 0 fully saturated rings. The van der Waals surface area contributed by atoms with Gasteiger partial charge < -0.3 is 14.7 Å². The largest absolute Gasteiger partial charge is 0.459 e. The molecule has 4 rings (SSSR count). The number of H-pyrrole nitrogens is 1. The molecule has 0 aliphatic heterocycles. The van der Waals surface area contributed by atoms with Crippen LogP contribution in [0.15, 0.2) is 70.4 Å². The number of benzene rings is 2. The minimum absolute atomic E-state index is 0.216. The first-order valence-electron chi connectivity index (χ1n) is 9.15. The van der Waals surface area contributed by atoms with Crippen LogP contribution in [0.2, 0.25) is 0 Å². The van der Waals surface area contributed by atoms with Gasteiger partial charge in [-0.15, -0.1) is 6.58 Å². The number of para-hydroxylation sites is 1. The highest BCUT2D eigenvalue weighted by atomic mass is 32.1. The fraction of sp³-hybridized carbons (Fsp3) is 0.136. The lowest BCUT2D eigenvalue weighted by atomic mass is 10.1. The van der Waals surface area contributed by atoms with E-state index in [1.165, 1.54) is 4.57 Å². The molecule has 0 bridgehead atoms. The topological polar surface area (TPSA) is 80.0 Å². The molecule has 2 heterocycles. The summed E-state index contributed by atoms with van der Waals surface area (Å²) in [6, 6.07) is 14.2. The van der Waals surface area contributed by atoms with Crippen molar-refractivity contribution in [2.45, 2.75) is 19.5 Å². The van der Waals surface area contributed by atoms with Gasteiger partial charge in [-0.2, -0.15) is 0 Å². The Bertz CT molecular complexity index is 1330. The molecule has 4 aromatic rings. The van der Waals surface area contributed by atoms with E-state index in [0.29, 0.717) is 28.8 Å². The predicted octanol–water partition coefficient (Wildman–Crippen LogP) is 4.48. The molecule has 1 amide bonds. The molecule has 6 nitrogen and oxygen atoms in total. The highest BCUT2D eigenvalue weighted by molar-refractivity contribution is 7.71. The molecule has 29 heavy (non-hydrogen) atoms. The minimum Gasteiger partial charge on any atom is -0.459 e. The molecular weight excluding hydrogens is 386 g/mol. The van der Waals surface area contributed by atoms with Gasteiger partial charge in [0.05, 0.1) is 16.9 Å². The van der Waals surface area contributed by atoms with E-state index in [4.69, 9.17) is 16.6 Å². The molecule has 0 saturated heterocycles. The molecule has 146 valence electrons. The lowest BCUT2D eigenvalue weighted by Gasteiger charge is -2.12. The molecule has 2 aromatic carbocycles. The van der Waals surface area contributed by atoms with Crippen LogP contribution >= 0.6 is 12.2 Å². The van der Waals surface area contributed by atoms with Crippen LogP contribution in [-0.2, 0) is 6.54 Å². The predicted molar refractivity (Wildman–Crippen MR) is 116 cm³/mol. The molecule has 1 atom stereocenters.